The van der Waals surface area contributed by atoms with Crippen LogP contribution in [0.2, 0.25) is 0 Å². The minimum Gasteiger partial charge on any atom is -0.325 e. The number of halogens is 2. The smallest absolute Gasteiger partial charge is 0.243 e. The summed E-state index contributed by atoms with van der Waals surface area (Å²) in [6, 6.07) is 17.2. The van der Waals surface area contributed by atoms with Crippen LogP contribution < -0.4 is 5.32 Å². The first-order valence-electron chi connectivity index (χ1n) is 9.11. The molecular weight excluding hydrogens is 410 g/mol. The Labute approximate surface area is 174 Å². The molecule has 156 valence electrons. The number of aryl methyl sites for hydroxylation is 1. The van der Waals surface area contributed by atoms with Gasteiger partial charge in [-0.3, -0.25) is 4.79 Å². The fourth-order valence-corrected chi connectivity index (χ4v) is 4.20. The molecule has 0 aliphatic heterocycles. The molecule has 0 aliphatic carbocycles. The Morgan fingerprint density at radius 3 is 2.33 bits per heavy atom. The molecule has 0 saturated carbocycles. The lowest BCUT2D eigenvalue weighted by Crippen LogP contribution is -2.37. The predicted molar refractivity (Wildman–Crippen MR) is 110 cm³/mol. The number of carbonyl (C=O) groups excluding carboxylic acids is 1. The summed E-state index contributed by atoms with van der Waals surface area (Å²) in [6.07, 6.45) is 0. The summed E-state index contributed by atoms with van der Waals surface area (Å²) in [4.78, 5) is 12.5. The lowest BCUT2D eigenvalue weighted by molar-refractivity contribution is -0.116. The van der Waals surface area contributed by atoms with E-state index in [2.05, 4.69) is 5.32 Å². The molecule has 0 spiro atoms. The molecule has 0 bridgehead atoms. The Morgan fingerprint density at radius 1 is 0.967 bits per heavy atom. The average molecular weight is 430 g/mol. The summed E-state index contributed by atoms with van der Waals surface area (Å²) >= 11 is 0. The second kappa shape index (κ2) is 9.15. The second-order valence-electron chi connectivity index (χ2n) is 6.74. The topological polar surface area (TPSA) is 66.5 Å². The normalized spacial score (nSPS) is 11.5. The van der Waals surface area contributed by atoms with Crippen LogP contribution in [0, 0.1) is 18.6 Å². The molecule has 0 fully saturated rings. The lowest BCUT2D eigenvalue weighted by Gasteiger charge is -2.22. The van der Waals surface area contributed by atoms with Crippen LogP contribution in [-0.4, -0.2) is 25.2 Å². The Bertz CT molecular complexity index is 1150. The lowest BCUT2D eigenvalue weighted by atomic mass is 10.2. The van der Waals surface area contributed by atoms with Gasteiger partial charge in [-0.05, 0) is 43.3 Å². The highest BCUT2D eigenvalue weighted by Gasteiger charge is 2.27. The summed E-state index contributed by atoms with van der Waals surface area (Å²) in [5.41, 5.74) is 1.20. The number of rotatable bonds is 7. The first kappa shape index (κ1) is 21.6. The maximum atomic E-state index is 14.2. The zero-order chi connectivity index (χ0) is 21.7. The number of carbonyl (C=O) groups is 1. The minimum absolute atomic E-state index is 0.0111. The molecule has 3 aromatic carbocycles. The van der Waals surface area contributed by atoms with Crippen LogP contribution in [0.5, 0.6) is 0 Å². The molecule has 0 aliphatic rings. The number of nitrogens with zero attached hydrogens (tertiary/aromatic N) is 1. The van der Waals surface area contributed by atoms with Crippen molar-refractivity contribution in [2.24, 2.45) is 0 Å². The molecule has 0 radical (unpaired) electrons. The molecule has 8 heteroatoms. The highest BCUT2D eigenvalue weighted by Crippen LogP contribution is 2.20. The average Bonchev–Trinajstić information content (AvgIpc) is 2.69. The fourth-order valence-electron chi connectivity index (χ4n) is 2.83. The molecule has 5 nitrogen and oxygen atoms in total. The molecule has 3 rings (SSSR count). The minimum atomic E-state index is -4.10. The molecule has 0 unspecified atom stereocenters. The van der Waals surface area contributed by atoms with Gasteiger partial charge in [-0.2, -0.15) is 4.31 Å². The maximum absolute atomic E-state index is 14.2. The summed E-state index contributed by atoms with van der Waals surface area (Å²) in [7, 11) is -4.10. The number of hydrogen-bond acceptors (Lipinski definition) is 3. The quantitative estimate of drug-likeness (QED) is 0.614. The maximum Gasteiger partial charge on any atom is 0.243 e. The number of nitrogens with one attached hydrogen (secondary N) is 1. The van der Waals surface area contributed by atoms with E-state index in [0.29, 0.717) is 0 Å². The third-order valence-electron chi connectivity index (χ3n) is 4.39. The molecule has 0 saturated heterocycles. The summed E-state index contributed by atoms with van der Waals surface area (Å²) < 4.78 is 54.7. The highest BCUT2D eigenvalue weighted by atomic mass is 32.2. The largest absolute Gasteiger partial charge is 0.325 e. The van der Waals surface area contributed by atoms with Gasteiger partial charge in [-0.1, -0.05) is 42.0 Å². The van der Waals surface area contributed by atoms with Crippen molar-refractivity contribution >= 4 is 21.6 Å². The van der Waals surface area contributed by atoms with Crippen molar-refractivity contribution in [1.29, 1.82) is 0 Å². The summed E-state index contributed by atoms with van der Waals surface area (Å²) in [5.74, 6) is -1.79. The van der Waals surface area contributed by atoms with Gasteiger partial charge in [0.25, 0.3) is 0 Å². The van der Waals surface area contributed by atoms with E-state index < -0.39 is 34.1 Å². The van der Waals surface area contributed by atoms with Crippen molar-refractivity contribution in [3.63, 3.8) is 0 Å². The SMILES string of the molecule is Cc1ccc(S(=O)(=O)N(CC(=O)Nc2cccc(F)c2)Cc2ccccc2F)cc1. The van der Waals surface area contributed by atoms with E-state index in [1.165, 1.54) is 48.5 Å². The van der Waals surface area contributed by atoms with Crippen LogP contribution in [0.4, 0.5) is 14.5 Å². The molecular formula is C22H20F2N2O3S. The van der Waals surface area contributed by atoms with Crippen molar-refractivity contribution in [2.45, 2.75) is 18.4 Å². The fraction of sp³-hybridized carbons (Fsp3) is 0.136. The van der Waals surface area contributed by atoms with Crippen molar-refractivity contribution in [2.75, 3.05) is 11.9 Å². The Morgan fingerprint density at radius 2 is 1.67 bits per heavy atom. The number of amides is 1. The molecule has 30 heavy (non-hydrogen) atoms. The van der Waals surface area contributed by atoms with E-state index in [1.54, 1.807) is 18.2 Å². The van der Waals surface area contributed by atoms with Gasteiger partial charge in [0.15, 0.2) is 0 Å². The van der Waals surface area contributed by atoms with Crippen LogP contribution in [0.1, 0.15) is 11.1 Å². The first-order valence-corrected chi connectivity index (χ1v) is 10.6. The third kappa shape index (κ3) is 5.28. The van der Waals surface area contributed by atoms with Crippen molar-refractivity contribution in [1.82, 2.24) is 4.31 Å². The number of benzene rings is 3. The van der Waals surface area contributed by atoms with Crippen LogP contribution in [-0.2, 0) is 21.4 Å². The molecule has 0 atom stereocenters. The van der Waals surface area contributed by atoms with Gasteiger partial charge >= 0.3 is 0 Å². The van der Waals surface area contributed by atoms with Gasteiger partial charge < -0.3 is 5.32 Å². The molecule has 3 aromatic rings. The van der Waals surface area contributed by atoms with Crippen molar-refractivity contribution in [3.05, 3.63) is 95.6 Å². The predicted octanol–water partition coefficient (Wildman–Crippen LogP) is 4.10. The van der Waals surface area contributed by atoms with E-state index in [-0.39, 0.29) is 22.7 Å². The number of anilines is 1. The third-order valence-corrected chi connectivity index (χ3v) is 6.20. The first-order chi connectivity index (χ1) is 14.3. The second-order valence-corrected chi connectivity index (χ2v) is 8.67. The zero-order valence-corrected chi connectivity index (χ0v) is 17.0. The number of hydrogen-bond donors (Lipinski definition) is 1. The van der Waals surface area contributed by atoms with Gasteiger partial charge in [-0.25, -0.2) is 17.2 Å². The molecule has 0 aromatic heterocycles. The molecule has 1 N–H and O–H groups in total. The van der Waals surface area contributed by atoms with E-state index in [0.717, 1.165) is 15.9 Å². The highest BCUT2D eigenvalue weighted by molar-refractivity contribution is 7.89. The van der Waals surface area contributed by atoms with Crippen LogP contribution in [0.3, 0.4) is 0 Å². The van der Waals surface area contributed by atoms with Crippen LogP contribution >= 0.6 is 0 Å². The summed E-state index contributed by atoms with van der Waals surface area (Å²) in [5, 5.41) is 2.47. The molecule has 1 amide bonds. The van der Waals surface area contributed by atoms with Gasteiger partial charge in [0.05, 0.1) is 11.4 Å². The van der Waals surface area contributed by atoms with E-state index in [4.69, 9.17) is 0 Å². The van der Waals surface area contributed by atoms with Gasteiger partial charge in [-0.15, -0.1) is 0 Å². The van der Waals surface area contributed by atoms with Gasteiger partial charge in [0, 0.05) is 17.8 Å². The standard InChI is InChI=1S/C22H20F2N2O3S/c1-16-9-11-20(12-10-16)30(28,29)26(14-17-5-2-3-8-21(17)24)15-22(27)25-19-7-4-6-18(23)13-19/h2-13H,14-15H2,1H3,(H,25,27). The monoisotopic (exact) mass is 430 g/mol. The number of sulfonamides is 1. The van der Waals surface area contributed by atoms with E-state index >= 15 is 0 Å². The van der Waals surface area contributed by atoms with Gasteiger partial charge in [0.2, 0.25) is 15.9 Å². The molecule has 0 heterocycles. The van der Waals surface area contributed by atoms with E-state index in [9.17, 15) is 22.0 Å². The van der Waals surface area contributed by atoms with E-state index in [1.807, 2.05) is 6.92 Å². The van der Waals surface area contributed by atoms with Crippen LogP contribution in [0.15, 0.2) is 77.7 Å². The van der Waals surface area contributed by atoms with Crippen molar-refractivity contribution < 1.29 is 22.0 Å². The Hall–Kier alpha value is -3.10. The summed E-state index contributed by atoms with van der Waals surface area (Å²) in [6.45, 7) is 0.917. The van der Waals surface area contributed by atoms with Crippen LogP contribution in [0.25, 0.3) is 0 Å². The zero-order valence-electron chi connectivity index (χ0n) is 16.2. The Kier molecular flexibility index (Phi) is 6.59. The van der Waals surface area contributed by atoms with Crippen molar-refractivity contribution in [3.8, 4) is 0 Å². The van der Waals surface area contributed by atoms with Gasteiger partial charge in [0.1, 0.15) is 11.6 Å². The Balaban J connectivity index is 1.89.